The third-order valence-corrected chi connectivity index (χ3v) is 5.16. The van der Waals surface area contributed by atoms with Crippen LogP contribution in [0.3, 0.4) is 0 Å². The predicted molar refractivity (Wildman–Crippen MR) is 110 cm³/mol. The number of imide groups is 1. The predicted octanol–water partition coefficient (Wildman–Crippen LogP) is 0.369. The van der Waals surface area contributed by atoms with Crippen LogP contribution in [-0.2, 0) is 16.6 Å². The number of carbonyl (C=O) groups excluding carboxylic acids is 2. The van der Waals surface area contributed by atoms with E-state index in [9.17, 15) is 18.8 Å². The zero-order chi connectivity index (χ0) is 21.7. The van der Waals surface area contributed by atoms with Crippen LogP contribution in [0.15, 0.2) is 23.0 Å². The van der Waals surface area contributed by atoms with Crippen molar-refractivity contribution in [3.63, 3.8) is 0 Å². The van der Waals surface area contributed by atoms with Gasteiger partial charge in [0.25, 0.3) is 0 Å². The first kappa shape index (κ1) is 21.7. The van der Waals surface area contributed by atoms with Crippen LogP contribution in [-0.4, -0.2) is 51.9 Å². The van der Waals surface area contributed by atoms with Crippen molar-refractivity contribution >= 4 is 22.8 Å². The first-order valence-corrected chi connectivity index (χ1v) is 9.92. The van der Waals surface area contributed by atoms with Gasteiger partial charge in [0.05, 0.1) is 16.6 Å². The molecule has 3 N–H and O–H groups in total. The first-order chi connectivity index (χ1) is 14.4. The number of hydrogen-bond acceptors (Lipinski definition) is 5. The van der Waals surface area contributed by atoms with Crippen molar-refractivity contribution in [3.05, 3.63) is 34.2 Å². The Balaban J connectivity index is 0.000000310. The van der Waals surface area contributed by atoms with Crippen LogP contribution >= 0.6 is 0 Å². The van der Waals surface area contributed by atoms with Gasteiger partial charge in [-0.3, -0.25) is 24.0 Å². The summed E-state index contributed by atoms with van der Waals surface area (Å²) in [7, 11) is 1.61. The molecule has 30 heavy (non-hydrogen) atoms. The molecule has 2 atom stereocenters. The fraction of sp³-hybridized carbons (Fsp3) is 0.476. The second-order valence-electron chi connectivity index (χ2n) is 7.26. The Morgan fingerprint density at radius 2 is 2.07 bits per heavy atom. The van der Waals surface area contributed by atoms with Crippen LogP contribution in [0, 0.1) is 11.8 Å². The van der Waals surface area contributed by atoms with E-state index in [1.807, 2.05) is 0 Å². The summed E-state index contributed by atoms with van der Waals surface area (Å²) >= 11 is 0. The molecule has 0 bridgehead atoms. The van der Waals surface area contributed by atoms with Crippen molar-refractivity contribution in [2.24, 2.45) is 7.05 Å². The van der Waals surface area contributed by atoms with Gasteiger partial charge in [-0.05, 0) is 37.9 Å². The normalized spacial score (nSPS) is 21.3. The number of aliphatic hydroxyl groups excluding tert-OH is 1. The summed E-state index contributed by atoms with van der Waals surface area (Å²) in [4.78, 5) is 36.0. The highest BCUT2D eigenvalue weighted by atomic mass is 19.1. The van der Waals surface area contributed by atoms with E-state index in [2.05, 4.69) is 22.5 Å². The molecule has 2 aliphatic rings. The minimum absolute atomic E-state index is 0.198. The molecule has 2 aliphatic heterocycles. The number of nitrogens with zero attached hydrogens (tertiary/aromatic N) is 2. The van der Waals surface area contributed by atoms with Crippen molar-refractivity contribution in [1.82, 2.24) is 19.8 Å². The summed E-state index contributed by atoms with van der Waals surface area (Å²) in [5.41, 5.74) is 1.44. The molecule has 8 nitrogen and oxygen atoms in total. The maximum Gasteiger partial charge on any atom is 0.329 e. The highest BCUT2D eigenvalue weighted by molar-refractivity contribution is 6.00. The van der Waals surface area contributed by atoms with Crippen molar-refractivity contribution in [2.75, 3.05) is 19.7 Å². The standard InChI is InChI=1S/C16H15N3O4.C5H10FN/c1-18-14-10(5-3-9-20)4-2-6-11(14)19(16(18)23)12-7-8-13(21)17-15(12)22;6-5-2-1-3-7-4-5/h2,4,6,12,20H,7-9H2,1H3,(H,17,21,22);5,7H,1-4H2. The number of rotatable bonds is 1. The molecule has 2 fully saturated rings. The molecule has 3 heterocycles. The second kappa shape index (κ2) is 9.69. The van der Waals surface area contributed by atoms with Gasteiger partial charge < -0.3 is 10.4 Å². The number of fused-ring (bicyclic) bond motifs is 1. The van der Waals surface area contributed by atoms with Crippen LogP contribution in [0.4, 0.5) is 4.39 Å². The number of aryl methyl sites for hydroxylation is 1. The molecule has 0 saturated carbocycles. The second-order valence-corrected chi connectivity index (χ2v) is 7.26. The lowest BCUT2D eigenvalue weighted by Gasteiger charge is -2.21. The largest absolute Gasteiger partial charge is 0.384 e. The Bertz CT molecular complexity index is 1060. The smallest absolute Gasteiger partial charge is 0.329 e. The number of para-hydroxylation sites is 1. The topological polar surface area (TPSA) is 105 Å². The molecular weight excluding hydrogens is 391 g/mol. The van der Waals surface area contributed by atoms with E-state index in [-0.39, 0.29) is 31.0 Å². The highest BCUT2D eigenvalue weighted by Gasteiger charge is 2.31. The number of aromatic nitrogens is 2. The van der Waals surface area contributed by atoms with E-state index in [0.29, 0.717) is 23.1 Å². The maximum absolute atomic E-state index is 12.6. The van der Waals surface area contributed by atoms with Gasteiger partial charge in [0.15, 0.2) is 0 Å². The number of hydrogen-bond donors (Lipinski definition) is 3. The summed E-state index contributed by atoms with van der Waals surface area (Å²) in [5, 5.41) is 14.1. The molecule has 0 aliphatic carbocycles. The summed E-state index contributed by atoms with van der Waals surface area (Å²) in [6.45, 7) is 1.29. The molecule has 4 rings (SSSR count). The Morgan fingerprint density at radius 3 is 2.67 bits per heavy atom. The maximum atomic E-state index is 12.6. The third-order valence-electron chi connectivity index (χ3n) is 5.16. The van der Waals surface area contributed by atoms with Crippen molar-refractivity contribution in [1.29, 1.82) is 0 Å². The van der Waals surface area contributed by atoms with Crippen molar-refractivity contribution in [2.45, 2.75) is 37.9 Å². The number of halogens is 1. The molecule has 2 aromatic rings. The van der Waals surface area contributed by atoms with Crippen LogP contribution in [0.1, 0.15) is 37.3 Å². The van der Waals surface area contributed by atoms with E-state index in [1.165, 1.54) is 9.13 Å². The molecule has 2 saturated heterocycles. The van der Waals surface area contributed by atoms with Gasteiger partial charge in [-0.2, -0.15) is 0 Å². The number of amides is 2. The lowest BCUT2D eigenvalue weighted by molar-refractivity contribution is -0.135. The van der Waals surface area contributed by atoms with Crippen molar-refractivity contribution in [3.8, 4) is 11.8 Å². The van der Waals surface area contributed by atoms with E-state index < -0.39 is 18.1 Å². The van der Waals surface area contributed by atoms with Gasteiger partial charge in [-0.25, -0.2) is 9.18 Å². The Morgan fingerprint density at radius 1 is 1.27 bits per heavy atom. The number of imidazole rings is 1. The zero-order valence-corrected chi connectivity index (χ0v) is 16.8. The van der Waals surface area contributed by atoms with E-state index in [0.717, 1.165) is 19.4 Å². The lowest BCUT2D eigenvalue weighted by atomic mass is 10.1. The van der Waals surface area contributed by atoms with Gasteiger partial charge in [0.1, 0.15) is 18.8 Å². The average Bonchev–Trinajstić information content (AvgIpc) is 2.99. The summed E-state index contributed by atoms with van der Waals surface area (Å²) in [6.07, 6.45) is 1.67. The number of piperidine rings is 2. The molecule has 1 aromatic carbocycles. The van der Waals surface area contributed by atoms with E-state index in [4.69, 9.17) is 5.11 Å². The van der Waals surface area contributed by atoms with Gasteiger partial charge in [-0.15, -0.1) is 0 Å². The van der Waals surface area contributed by atoms with E-state index in [1.54, 1.807) is 25.2 Å². The summed E-state index contributed by atoms with van der Waals surface area (Å²) in [6, 6.07) is 4.51. The molecular formula is C21H25FN4O4. The fourth-order valence-electron chi connectivity index (χ4n) is 3.71. The van der Waals surface area contributed by atoms with Crippen LogP contribution < -0.4 is 16.3 Å². The Kier molecular flexibility index (Phi) is 7.03. The van der Waals surface area contributed by atoms with Gasteiger partial charge in [0, 0.05) is 20.0 Å². The van der Waals surface area contributed by atoms with E-state index >= 15 is 0 Å². The number of nitrogens with one attached hydrogen (secondary N) is 2. The monoisotopic (exact) mass is 416 g/mol. The van der Waals surface area contributed by atoms with Crippen LogP contribution in [0.2, 0.25) is 0 Å². The molecule has 160 valence electrons. The minimum atomic E-state index is -0.718. The zero-order valence-electron chi connectivity index (χ0n) is 16.8. The number of alkyl halides is 1. The number of benzene rings is 1. The SMILES string of the molecule is Cn1c(=O)n(C2CCC(=O)NC2=O)c2cccc(C#CCO)c21.FC1CCCNC1. The van der Waals surface area contributed by atoms with Crippen LogP contribution in [0.25, 0.3) is 11.0 Å². The number of carbonyl (C=O) groups is 2. The Labute approximate surface area is 173 Å². The van der Waals surface area contributed by atoms with Crippen molar-refractivity contribution < 1.29 is 19.1 Å². The molecule has 0 radical (unpaired) electrons. The minimum Gasteiger partial charge on any atom is -0.384 e. The van der Waals surface area contributed by atoms with Gasteiger partial charge in [-0.1, -0.05) is 17.9 Å². The highest BCUT2D eigenvalue weighted by Crippen LogP contribution is 2.24. The fourth-order valence-corrected chi connectivity index (χ4v) is 3.71. The quantitative estimate of drug-likeness (QED) is 0.460. The van der Waals surface area contributed by atoms with Gasteiger partial charge in [0.2, 0.25) is 11.8 Å². The Hall–Kier alpha value is -2.96. The van der Waals surface area contributed by atoms with Crippen LogP contribution in [0.5, 0.6) is 0 Å². The summed E-state index contributed by atoms with van der Waals surface area (Å²) < 4.78 is 15.0. The molecule has 1 aromatic heterocycles. The molecule has 0 spiro atoms. The summed E-state index contributed by atoms with van der Waals surface area (Å²) in [5.74, 6) is 4.58. The average molecular weight is 416 g/mol. The third kappa shape index (κ3) is 4.61. The molecule has 2 amide bonds. The molecule has 2 unspecified atom stereocenters. The number of aliphatic hydroxyl groups is 1. The van der Waals surface area contributed by atoms with Gasteiger partial charge >= 0.3 is 5.69 Å². The first-order valence-electron chi connectivity index (χ1n) is 9.92. The molecule has 9 heteroatoms. The lowest BCUT2D eigenvalue weighted by Crippen LogP contribution is -2.44.